The smallest absolute Gasteiger partial charge is 0.252 e. The third-order valence-electron chi connectivity index (χ3n) is 6.64. The van der Waals surface area contributed by atoms with E-state index in [9.17, 15) is 0 Å². The van der Waals surface area contributed by atoms with Gasteiger partial charge in [-0.3, -0.25) is 9.80 Å². The number of likely N-dealkylation sites (tertiary alicyclic amines) is 2. The molecule has 4 rings (SSSR count). The van der Waals surface area contributed by atoms with Crippen LogP contribution >= 0.6 is 0 Å². The van der Waals surface area contributed by atoms with Gasteiger partial charge < -0.3 is 18.7 Å². The molecule has 2 aromatic rings. The van der Waals surface area contributed by atoms with Crippen molar-refractivity contribution in [3.63, 3.8) is 0 Å². The first-order chi connectivity index (χ1) is 15.1. The van der Waals surface area contributed by atoms with Gasteiger partial charge in [-0.1, -0.05) is 11.2 Å². The van der Waals surface area contributed by atoms with Gasteiger partial charge in [0.25, 0.3) is 5.89 Å². The van der Waals surface area contributed by atoms with E-state index in [-0.39, 0.29) is 6.04 Å². The molecular formula is C23H34N4O4. The highest BCUT2D eigenvalue weighted by Gasteiger charge is 2.46. The normalized spacial score (nSPS) is 21.6. The molecule has 1 unspecified atom stereocenters. The predicted octanol–water partition coefficient (Wildman–Crippen LogP) is 3.28. The molecule has 2 aliphatic rings. The van der Waals surface area contributed by atoms with Gasteiger partial charge in [-0.05, 0) is 69.4 Å². The number of rotatable bonds is 8. The Morgan fingerprint density at radius 1 is 1.19 bits per heavy atom. The van der Waals surface area contributed by atoms with Gasteiger partial charge in [-0.25, -0.2) is 0 Å². The van der Waals surface area contributed by atoms with Crippen LogP contribution in [-0.4, -0.2) is 67.4 Å². The van der Waals surface area contributed by atoms with Gasteiger partial charge in [0.05, 0.1) is 19.8 Å². The Labute approximate surface area is 184 Å². The van der Waals surface area contributed by atoms with Crippen molar-refractivity contribution in [1.82, 2.24) is 19.9 Å². The van der Waals surface area contributed by atoms with Crippen LogP contribution in [0, 0.1) is 5.41 Å². The molecule has 1 spiro atoms. The minimum absolute atomic E-state index is 0.219. The lowest BCUT2D eigenvalue weighted by atomic mass is 9.76. The molecule has 1 atom stereocenters. The quantitative estimate of drug-likeness (QED) is 0.632. The summed E-state index contributed by atoms with van der Waals surface area (Å²) in [5, 5.41) is 4.21. The van der Waals surface area contributed by atoms with Gasteiger partial charge in [0.2, 0.25) is 0 Å². The van der Waals surface area contributed by atoms with E-state index in [2.05, 4.69) is 39.1 Å². The van der Waals surface area contributed by atoms with Crippen molar-refractivity contribution in [2.24, 2.45) is 5.41 Å². The maximum atomic E-state index is 5.64. The van der Waals surface area contributed by atoms with Gasteiger partial charge in [0, 0.05) is 20.2 Å². The highest BCUT2D eigenvalue weighted by Crippen LogP contribution is 2.47. The summed E-state index contributed by atoms with van der Waals surface area (Å²) in [6, 6.07) is 6.48. The number of methoxy groups -OCH3 is 2. The monoisotopic (exact) mass is 430 g/mol. The number of piperidine rings is 1. The van der Waals surface area contributed by atoms with E-state index in [1.165, 1.54) is 18.4 Å². The van der Waals surface area contributed by atoms with Crippen LogP contribution in [0.15, 0.2) is 22.7 Å². The molecule has 0 saturated carbocycles. The predicted molar refractivity (Wildman–Crippen MR) is 116 cm³/mol. The maximum absolute atomic E-state index is 5.64. The molecule has 8 heteroatoms. The van der Waals surface area contributed by atoms with Gasteiger partial charge >= 0.3 is 0 Å². The molecular weight excluding hydrogens is 396 g/mol. The van der Waals surface area contributed by atoms with Crippen LogP contribution in [0.5, 0.6) is 11.5 Å². The lowest BCUT2D eigenvalue weighted by molar-refractivity contribution is 0.105. The molecule has 31 heavy (non-hydrogen) atoms. The standard InChI is InChI=1S/C23H34N4O4/c1-5-30-19-7-6-17(12-20(19)29-4)14-27-10-8-23(9-11-27)13-18(26(2)16-23)22-24-21(15-28-3)31-25-22/h6-7,12,18H,5,8-11,13-16H2,1-4H3. The summed E-state index contributed by atoms with van der Waals surface area (Å²) in [5.41, 5.74) is 1.59. The van der Waals surface area contributed by atoms with Crippen molar-refractivity contribution in [3.05, 3.63) is 35.5 Å². The lowest BCUT2D eigenvalue weighted by Crippen LogP contribution is -2.40. The van der Waals surface area contributed by atoms with E-state index in [0.29, 0.717) is 24.5 Å². The number of nitrogens with zero attached hydrogens (tertiary/aromatic N) is 4. The molecule has 0 amide bonds. The minimum atomic E-state index is 0.219. The molecule has 170 valence electrons. The Hall–Kier alpha value is -2.16. The number of ether oxygens (including phenoxy) is 3. The van der Waals surface area contributed by atoms with E-state index >= 15 is 0 Å². The summed E-state index contributed by atoms with van der Waals surface area (Å²) in [7, 11) is 5.50. The third-order valence-corrected chi connectivity index (χ3v) is 6.64. The van der Waals surface area contributed by atoms with E-state index in [4.69, 9.17) is 18.7 Å². The van der Waals surface area contributed by atoms with Crippen LogP contribution in [0.25, 0.3) is 0 Å². The first-order valence-corrected chi connectivity index (χ1v) is 11.1. The van der Waals surface area contributed by atoms with Crippen LogP contribution in [0.3, 0.4) is 0 Å². The molecule has 0 N–H and O–H groups in total. The van der Waals surface area contributed by atoms with E-state index in [0.717, 1.165) is 49.9 Å². The van der Waals surface area contributed by atoms with Crippen LogP contribution in [0.4, 0.5) is 0 Å². The summed E-state index contributed by atoms with van der Waals surface area (Å²) >= 11 is 0. The van der Waals surface area contributed by atoms with Gasteiger partial charge in [-0.2, -0.15) is 4.98 Å². The van der Waals surface area contributed by atoms with E-state index < -0.39 is 0 Å². The Kier molecular flexibility index (Phi) is 6.79. The highest BCUT2D eigenvalue weighted by atomic mass is 16.5. The topological polar surface area (TPSA) is 73.1 Å². The van der Waals surface area contributed by atoms with Crippen molar-refractivity contribution < 1.29 is 18.7 Å². The molecule has 2 fully saturated rings. The summed E-state index contributed by atoms with van der Waals surface area (Å²) in [4.78, 5) is 9.46. The van der Waals surface area contributed by atoms with E-state index in [1.807, 2.05) is 13.0 Å². The summed E-state index contributed by atoms with van der Waals surface area (Å²) < 4.78 is 21.6. The Bertz CT molecular complexity index is 863. The highest BCUT2D eigenvalue weighted by molar-refractivity contribution is 5.43. The van der Waals surface area contributed by atoms with Crippen molar-refractivity contribution in [2.75, 3.05) is 47.5 Å². The molecule has 1 aromatic heterocycles. The molecule has 0 aliphatic carbocycles. The first kappa shape index (κ1) is 22.0. The van der Waals surface area contributed by atoms with Crippen LogP contribution in [0.1, 0.15) is 49.5 Å². The first-order valence-electron chi connectivity index (χ1n) is 11.1. The minimum Gasteiger partial charge on any atom is -0.493 e. The van der Waals surface area contributed by atoms with Crippen LogP contribution < -0.4 is 9.47 Å². The number of hydrogen-bond donors (Lipinski definition) is 0. The lowest BCUT2D eigenvalue weighted by Gasteiger charge is -2.39. The van der Waals surface area contributed by atoms with Crippen LogP contribution in [0.2, 0.25) is 0 Å². The molecule has 2 aliphatic heterocycles. The summed E-state index contributed by atoms with van der Waals surface area (Å²) in [6.07, 6.45) is 3.45. The number of benzene rings is 1. The Morgan fingerprint density at radius 3 is 2.71 bits per heavy atom. The fourth-order valence-electron chi connectivity index (χ4n) is 5.03. The zero-order valence-corrected chi connectivity index (χ0v) is 19.1. The fraction of sp³-hybridized carbons (Fsp3) is 0.652. The number of hydrogen-bond acceptors (Lipinski definition) is 8. The zero-order chi connectivity index (χ0) is 21.8. The van der Waals surface area contributed by atoms with Gasteiger partial charge in [0.1, 0.15) is 6.61 Å². The third kappa shape index (κ3) is 4.86. The average molecular weight is 431 g/mol. The number of aromatic nitrogens is 2. The second-order valence-electron chi connectivity index (χ2n) is 8.81. The van der Waals surface area contributed by atoms with Gasteiger partial charge in [-0.15, -0.1) is 0 Å². The summed E-state index contributed by atoms with van der Waals surface area (Å²) in [6.45, 7) is 7.18. The molecule has 0 radical (unpaired) electrons. The second-order valence-corrected chi connectivity index (χ2v) is 8.81. The molecule has 2 saturated heterocycles. The van der Waals surface area contributed by atoms with Crippen molar-refractivity contribution in [1.29, 1.82) is 0 Å². The maximum Gasteiger partial charge on any atom is 0.252 e. The Balaban J connectivity index is 1.35. The van der Waals surface area contributed by atoms with Crippen molar-refractivity contribution in [3.8, 4) is 11.5 Å². The average Bonchev–Trinajstić information content (AvgIpc) is 3.36. The Morgan fingerprint density at radius 2 is 2.00 bits per heavy atom. The molecule has 1 aromatic carbocycles. The van der Waals surface area contributed by atoms with E-state index in [1.54, 1.807) is 14.2 Å². The summed E-state index contributed by atoms with van der Waals surface area (Å²) in [5.74, 6) is 2.95. The van der Waals surface area contributed by atoms with Crippen molar-refractivity contribution >= 4 is 0 Å². The second kappa shape index (κ2) is 9.54. The van der Waals surface area contributed by atoms with Crippen LogP contribution in [-0.2, 0) is 17.9 Å². The van der Waals surface area contributed by atoms with Crippen molar-refractivity contribution in [2.45, 2.75) is 45.4 Å². The molecule has 3 heterocycles. The molecule has 0 bridgehead atoms. The fourth-order valence-corrected chi connectivity index (χ4v) is 5.03. The zero-order valence-electron chi connectivity index (χ0n) is 19.1. The molecule has 8 nitrogen and oxygen atoms in total. The SMILES string of the molecule is CCOc1ccc(CN2CCC3(CC2)CC(c2noc(COC)n2)N(C)C3)cc1OC. The van der Waals surface area contributed by atoms with Gasteiger partial charge in [0.15, 0.2) is 17.3 Å². The largest absolute Gasteiger partial charge is 0.493 e.